The van der Waals surface area contributed by atoms with E-state index in [0.29, 0.717) is 0 Å². The van der Waals surface area contributed by atoms with E-state index in [9.17, 15) is 9.90 Å². The predicted molar refractivity (Wildman–Crippen MR) is 97.9 cm³/mol. The molecule has 1 heterocycles. The standard InChI is InChI=1S/C21H18N2O2/c1-2-3-8-16-9-7-12-18(13-16)19-14-20(17-10-5-4-6-11-17)23(22-19)15-21(24)25/h4-7,9-14H,2,15H2,1H3,(H,24,25). The maximum Gasteiger partial charge on any atom is 0.325 e. The number of carboxylic acid groups (broad SMARTS) is 1. The number of benzene rings is 2. The first-order valence-corrected chi connectivity index (χ1v) is 8.11. The number of aromatic nitrogens is 2. The van der Waals surface area contributed by atoms with Gasteiger partial charge in [-0.25, -0.2) is 0 Å². The third-order valence-electron chi connectivity index (χ3n) is 3.70. The summed E-state index contributed by atoms with van der Waals surface area (Å²) in [5.41, 5.74) is 4.30. The highest BCUT2D eigenvalue weighted by Gasteiger charge is 2.13. The van der Waals surface area contributed by atoms with Gasteiger partial charge in [0.1, 0.15) is 6.54 Å². The summed E-state index contributed by atoms with van der Waals surface area (Å²) in [5, 5.41) is 13.7. The van der Waals surface area contributed by atoms with E-state index < -0.39 is 5.97 Å². The number of carbonyl (C=O) groups is 1. The first kappa shape index (κ1) is 16.5. The predicted octanol–water partition coefficient (Wildman–Crippen LogP) is 4.06. The van der Waals surface area contributed by atoms with Crippen LogP contribution in [0.15, 0.2) is 60.7 Å². The largest absolute Gasteiger partial charge is 0.480 e. The van der Waals surface area contributed by atoms with Crippen LogP contribution in [0.4, 0.5) is 0 Å². The molecule has 25 heavy (non-hydrogen) atoms. The van der Waals surface area contributed by atoms with Crippen molar-refractivity contribution in [1.82, 2.24) is 9.78 Å². The molecule has 0 aliphatic rings. The van der Waals surface area contributed by atoms with E-state index >= 15 is 0 Å². The van der Waals surface area contributed by atoms with Gasteiger partial charge in [0.2, 0.25) is 0 Å². The fourth-order valence-corrected chi connectivity index (χ4v) is 2.59. The smallest absolute Gasteiger partial charge is 0.325 e. The van der Waals surface area contributed by atoms with Crippen LogP contribution in [0.2, 0.25) is 0 Å². The van der Waals surface area contributed by atoms with Crippen molar-refractivity contribution < 1.29 is 9.90 Å². The van der Waals surface area contributed by atoms with Crippen molar-refractivity contribution in [3.63, 3.8) is 0 Å². The highest BCUT2D eigenvalue weighted by atomic mass is 16.4. The Morgan fingerprint density at radius 2 is 1.84 bits per heavy atom. The van der Waals surface area contributed by atoms with Crippen LogP contribution < -0.4 is 0 Å². The maximum absolute atomic E-state index is 11.2. The van der Waals surface area contributed by atoms with Gasteiger partial charge in [-0.2, -0.15) is 5.10 Å². The van der Waals surface area contributed by atoms with Gasteiger partial charge in [0.15, 0.2) is 0 Å². The van der Waals surface area contributed by atoms with Gasteiger partial charge in [-0.3, -0.25) is 9.48 Å². The van der Waals surface area contributed by atoms with Crippen molar-refractivity contribution in [2.45, 2.75) is 19.9 Å². The number of aliphatic carboxylic acids is 1. The van der Waals surface area contributed by atoms with E-state index in [1.165, 1.54) is 4.68 Å². The lowest BCUT2D eigenvalue weighted by Crippen LogP contribution is -2.11. The minimum atomic E-state index is -0.922. The fraction of sp³-hybridized carbons (Fsp3) is 0.143. The van der Waals surface area contributed by atoms with Crippen LogP contribution in [-0.4, -0.2) is 20.9 Å². The number of rotatable bonds is 4. The van der Waals surface area contributed by atoms with E-state index in [-0.39, 0.29) is 6.54 Å². The molecular weight excluding hydrogens is 312 g/mol. The second-order valence-electron chi connectivity index (χ2n) is 5.57. The molecule has 0 fully saturated rings. The van der Waals surface area contributed by atoms with Crippen LogP contribution in [0.1, 0.15) is 18.9 Å². The molecular formula is C21H18N2O2. The first-order chi connectivity index (χ1) is 12.2. The lowest BCUT2D eigenvalue weighted by Gasteiger charge is -2.04. The third kappa shape index (κ3) is 3.96. The van der Waals surface area contributed by atoms with Gasteiger partial charge in [0.05, 0.1) is 11.4 Å². The van der Waals surface area contributed by atoms with Gasteiger partial charge in [0, 0.05) is 17.5 Å². The lowest BCUT2D eigenvalue weighted by molar-refractivity contribution is -0.137. The van der Waals surface area contributed by atoms with Gasteiger partial charge in [-0.15, -0.1) is 0 Å². The zero-order chi connectivity index (χ0) is 17.6. The highest BCUT2D eigenvalue weighted by molar-refractivity contribution is 5.72. The number of nitrogens with zero attached hydrogens (tertiary/aromatic N) is 2. The van der Waals surface area contributed by atoms with Crippen molar-refractivity contribution in [2.24, 2.45) is 0 Å². The van der Waals surface area contributed by atoms with Crippen LogP contribution in [0.5, 0.6) is 0 Å². The molecule has 3 aromatic rings. The Kier molecular flexibility index (Phi) is 4.96. The summed E-state index contributed by atoms with van der Waals surface area (Å²) in [6.45, 7) is 1.83. The molecule has 0 spiro atoms. The van der Waals surface area contributed by atoms with Crippen LogP contribution in [0.3, 0.4) is 0 Å². The monoisotopic (exact) mass is 330 g/mol. The molecule has 0 unspecified atom stereocenters. The van der Waals surface area contributed by atoms with Crippen LogP contribution >= 0.6 is 0 Å². The molecule has 0 amide bonds. The van der Waals surface area contributed by atoms with E-state index in [0.717, 1.165) is 34.5 Å². The molecule has 0 bridgehead atoms. The minimum Gasteiger partial charge on any atom is -0.480 e. The average Bonchev–Trinajstić information content (AvgIpc) is 3.04. The zero-order valence-corrected chi connectivity index (χ0v) is 13.9. The van der Waals surface area contributed by atoms with E-state index in [1.807, 2.05) is 67.6 Å². The Hall–Kier alpha value is -3.32. The Bertz CT molecular complexity index is 947. The van der Waals surface area contributed by atoms with Crippen LogP contribution in [0, 0.1) is 11.8 Å². The maximum atomic E-state index is 11.2. The summed E-state index contributed by atoms with van der Waals surface area (Å²) in [6, 6.07) is 19.4. The van der Waals surface area contributed by atoms with Gasteiger partial charge in [-0.05, 0) is 23.8 Å². The number of hydrogen-bond acceptors (Lipinski definition) is 2. The molecule has 0 atom stereocenters. The molecule has 0 aliphatic carbocycles. The summed E-state index contributed by atoms with van der Waals surface area (Å²) >= 11 is 0. The summed E-state index contributed by atoms with van der Waals surface area (Å²) in [6.07, 6.45) is 0.801. The van der Waals surface area contributed by atoms with Crippen molar-refractivity contribution in [1.29, 1.82) is 0 Å². The number of carboxylic acids is 1. The van der Waals surface area contributed by atoms with E-state index in [2.05, 4.69) is 16.9 Å². The summed E-state index contributed by atoms with van der Waals surface area (Å²) in [4.78, 5) is 11.2. The summed E-state index contributed by atoms with van der Waals surface area (Å²) < 4.78 is 1.53. The molecule has 124 valence electrons. The minimum absolute atomic E-state index is 0.181. The van der Waals surface area contributed by atoms with Gasteiger partial charge < -0.3 is 5.11 Å². The molecule has 4 nitrogen and oxygen atoms in total. The highest BCUT2D eigenvalue weighted by Crippen LogP contribution is 2.26. The second kappa shape index (κ2) is 7.50. The summed E-state index contributed by atoms with van der Waals surface area (Å²) in [7, 11) is 0. The second-order valence-corrected chi connectivity index (χ2v) is 5.57. The van der Waals surface area contributed by atoms with Crippen molar-refractivity contribution >= 4 is 5.97 Å². The molecule has 0 radical (unpaired) electrons. The Morgan fingerprint density at radius 1 is 1.08 bits per heavy atom. The molecule has 2 aromatic carbocycles. The van der Waals surface area contributed by atoms with E-state index in [4.69, 9.17) is 0 Å². The Balaban J connectivity index is 2.06. The molecule has 3 rings (SSSR count). The average molecular weight is 330 g/mol. The van der Waals surface area contributed by atoms with Gasteiger partial charge >= 0.3 is 5.97 Å². The molecule has 1 aromatic heterocycles. The number of hydrogen-bond donors (Lipinski definition) is 1. The topological polar surface area (TPSA) is 55.1 Å². The van der Waals surface area contributed by atoms with Crippen molar-refractivity contribution in [3.8, 4) is 34.4 Å². The van der Waals surface area contributed by atoms with Crippen molar-refractivity contribution in [3.05, 3.63) is 66.2 Å². The van der Waals surface area contributed by atoms with E-state index in [1.54, 1.807) is 0 Å². The van der Waals surface area contributed by atoms with Crippen molar-refractivity contribution in [2.75, 3.05) is 0 Å². The van der Waals surface area contributed by atoms with Crippen LogP contribution in [-0.2, 0) is 11.3 Å². The third-order valence-corrected chi connectivity index (χ3v) is 3.70. The normalized spacial score (nSPS) is 10.1. The molecule has 0 saturated heterocycles. The lowest BCUT2D eigenvalue weighted by atomic mass is 10.1. The first-order valence-electron chi connectivity index (χ1n) is 8.11. The van der Waals surface area contributed by atoms with Gasteiger partial charge in [-0.1, -0.05) is 61.2 Å². The molecule has 4 heteroatoms. The Labute approximate surface area is 146 Å². The molecule has 0 aliphatic heterocycles. The molecule has 0 saturated carbocycles. The summed E-state index contributed by atoms with van der Waals surface area (Å²) in [5.74, 6) is 5.25. The SMILES string of the molecule is CCC#Cc1cccc(-c2cc(-c3ccccc3)n(CC(=O)O)n2)c1. The quantitative estimate of drug-likeness (QED) is 0.734. The van der Waals surface area contributed by atoms with Crippen LogP contribution in [0.25, 0.3) is 22.5 Å². The molecule has 1 N–H and O–H groups in total. The van der Waals surface area contributed by atoms with Gasteiger partial charge in [0.25, 0.3) is 0 Å². The fourth-order valence-electron chi connectivity index (χ4n) is 2.59. The zero-order valence-electron chi connectivity index (χ0n) is 13.9. The Morgan fingerprint density at radius 3 is 2.56 bits per heavy atom.